The van der Waals surface area contributed by atoms with Crippen LogP contribution in [0.4, 0.5) is 0 Å². The van der Waals surface area contributed by atoms with Crippen molar-refractivity contribution >= 4 is 37.0 Å². The van der Waals surface area contributed by atoms with Crippen molar-refractivity contribution in [3.63, 3.8) is 0 Å². The number of fused-ring (bicyclic) bond motifs is 1. The number of imidazole rings is 1. The minimum absolute atomic E-state index is 0.166. The predicted molar refractivity (Wildman–Crippen MR) is 65.0 cm³/mol. The second kappa shape index (κ2) is 4.44. The van der Waals surface area contributed by atoms with Crippen LogP contribution in [0.25, 0.3) is 5.65 Å². The molecule has 17 heavy (non-hydrogen) atoms. The van der Waals surface area contributed by atoms with Crippen molar-refractivity contribution in [1.82, 2.24) is 14.6 Å². The van der Waals surface area contributed by atoms with E-state index in [0.29, 0.717) is 5.65 Å². The van der Waals surface area contributed by atoms with Crippen LogP contribution in [-0.4, -0.2) is 23.0 Å². The van der Waals surface area contributed by atoms with Crippen LogP contribution in [0.5, 0.6) is 0 Å². The maximum absolute atomic E-state index is 11.4. The molecule has 2 rings (SSSR count). The van der Waals surface area contributed by atoms with Crippen molar-refractivity contribution in [2.45, 2.75) is 24.8 Å². The van der Waals surface area contributed by atoms with E-state index in [4.69, 9.17) is 22.3 Å². The summed E-state index contributed by atoms with van der Waals surface area (Å²) < 4.78 is 23.9. The van der Waals surface area contributed by atoms with Gasteiger partial charge in [0.1, 0.15) is 0 Å². The number of aromatic nitrogens is 3. The number of hydrogen-bond donors (Lipinski definition) is 0. The minimum atomic E-state index is -3.97. The summed E-state index contributed by atoms with van der Waals surface area (Å²) in [7, 11) is 1.33. The standard InChI is InChI=1S/C9H9Cl2N3O2S/c1-2-3-6-4-5-7-12-8(10)9(14(7)13-6)17(11,15)16/h4-5H,2-3H2,1H3. The molecule has 0 aliphatic rings. The van der Waals surface area contributed by atoms with E-state index in [1.165, 1.54) is 0 Å². The Labute approximate surface area is 108 Å². The Bertz CT molecular complexity index is 666. The van der Waals surface area contributed by atoms with Crippen molar-refractivity contribution in [3.05, 3.63) is 23.0 Å². The van der Waals surface area contributed by atoms with Gasteiger partial charge in [-0.25, -0.2) is 13.4 Å². The van der Waals surface area contributed by atoms with Crippen LogP contribution >= 0.6 is 22.3 Å². The molecule has 0 N–H and O–H groups in total. The van der Waals surface area contributed by atoms with Gasteiger partial charge in [0.25, 0.3) is 9.05 Å². The van der Waals surface area contributed by atoms with Gasteiger partial charge in [0.2, 0.25) is 5.03 Å². The minimum Gasteiger partial charge on any atom is -0.214 e. The van der Waals surface area contributed by atoms with Crippen LogP contribution in [0.1, 0.15) is 19.0 Å². The fourth-order valence-electron chi connectivity index (χ4n) is 1.52. The molecule has 0 saturated carbocycles. The zero-order valence-corrected chi connectivity index (χ0v) is 11.2. The predicted octanol–water partition coefficient (Wildman–Crippen LogP) is 2.26. The third-order valence-corrected chi connectivity index (χ3v) is 3.83. The molecule has 0 aliphatic carbocycles. The van der Waals surface area contributed by atoms with Gasteiger partial charge in [-0.05, 0) is 18.6 Å². The summed E-state index contributed by atoms with van der Waals surface area (Å²) in [5.41, 5.74) is 1.12. The molecule has 2 aromatic rings. The molecule has 0 saturated heterocycles. The average Bonchev–Trinajstić information content (AvgIpc) is 2.53. The Morgan fingerprint density at radius 3 is 2.71 bits per heavy atom. The third kappa shape index (κ3) is 2.38. The number of aryl methyl sites for hydroxylation is 1. The van der Waals surface area contributed by atoms with Crippen LogP contribution in [0.2, 0.25) is 5.15 Å². The fraction of sp³-hybridized carbons (Fsp3) is 0.333. The lowest BCUT2D eigenvalue weighted by Crippen LogP contribution is -2.03. The molecule has 0 radical (unpaired) electrons. The highest BCUT2D eigenvalue weighted by Crippen LogP contribution is 2.24. The summed E-state index contributed by atoms with van der Waals surface area (Å²) in [4.78, 5) is 3.88. The third-order valence-electron chi connectivity index (χ3n) is 2.19. The molecule has 8 heteroatoms. The lowest BCUT2D eigenvalue weighted by Gasteiger charge is -2.00. The normalized spacial score (nSPS) is 12.2. The first kappa shape index (κ1) is 12.6. The van der Waals surface area contributed by atoms with Crippen LogP contribution < -0.4 is 0 Å². The highest BCUT2D eigenvalue weighted by Gasteiger charge is 2.23. The zero-order valence-electron chi connectivity index (χ0n) is 8.89. The molecule has 92 valence electrons. The summed E-state index contributed by atoms with van der Waals surface area (Å²) in [6, 6.07) is 3.45. The van der Waals surface area contributed by atoms with Gasteiger partial charge < -0.3 is 0 Å². The fourth-order valence-corrected chi connectivity index (χ4v) is 3.11. The van der Waals surface area contributed by atoms with Crippen molar-refractivity contribution < 1.29 is 8.42 Å². The molecular formula is C9H9Cl2N3O2S. The highest BCUT2D eigenvalue weighted by molar-refractivity contribution is 8.13. The number of halogens is 2. The second-order valence-corrected chi connectivity index (χ2v) is 6.33. The smallest absolute Gasteiger partial charge is 0.214 e. The van der Waals surface area contributed by atoms with Gasteiger partial charge in [0.05, 0.1) is 5.69 Å². The Kier molecular flexibility index (Phi) is 3.29. The van der Waals surface area contributed by atoms with Crippen LogP contribution in [0, 0.1) is 0 Å². The molecule has 0 atom stereocenters. The van der Waals surface area contributed by atoms with Crippen LogP contribution in [0.15, 0.2) is 17.2 Å². The molecular weight excluding hydrogens is 285 g/mol. The Hall–Kier alpha value is -0.850. The zero-order chi connectivity index (χ0) is 12.6. The second-order valence-electron chi connectivity index (χ2n) is 3.49. The summed E-state index contributed by atoms with van der Waals surface area (Å²) in [5.74, 6) is 0. The molecule has 0 aliphatic heterocycles. The first-order valence-corrected chi connectivity index (χ1v) is 7.61. The molecule has 0 unspecified atom stereocenters. The molecule has 0 aromatic carbocycles. The molecule has 2 aromatic heterocycles. The number of hydrogen-bond acceptors (Lipinski definition) is 4. The van der Waals surface area contributed by atoms with E-state index >= 15 is 0 Å². The van der Waals surface area contributed by atoms with Crippen molar-refractivity contribution in [1.29, 1.82) is 0 Å². The molecule has 0 spiro atoms. The average molecular weight is 294 g/mol. The number of nitrogens with zero attached hydrogens (tertiary/aromatic N) is 3. The van der Waals surface area contributed by atoms with E-state index in [0.717, 1.165) is 23.1 Å². The van der Waals surface area contributed by atoms with Gasteiger partial charge in [0, 0.05) is 10.7 Å². The number of rotatable bonds is 3. The van der Waals surface area contributed by atoms with Gasteiger partial charge in [-0.1, -0.05) is 24.9 Å². The SMILES string of the molecule is CCCc1ccc2nc(Cl)c(S(=O)(=O)Cl)n2n1. The van der Waals surface area contributed by atoms with Crippen molar-refractivity contribution in [3.8, 4) is 0 Å². The van der Waals surface area contributed by atoms with Gasteiger partial charge in [0.15, 0.2) is 10.8 Å². The quantitative estimate of drug-likeness (QED) is 0.814. The maximum atomic E-state index is 11.4. The largest absolute Gasteiger partial charge is 0.281 e. The maximum Gasteiger partial charge on any atom is 0.281 e. The van der Waals surface area contributed by atoms with Gasteiger partial charge in [-0.3, -0.25) is 0 Å². The lowest BCUT2D eigenvalue weighted by molar-refractivity contribution is 0.601. The Balaban J connectivity index is 2.74. The van der Waals surface area contributed by atoms with Crippen molar-refractivity contribution in [2.75, 3.05) is 0 Å². The Morgan fingerprint density at radius 2 is 2.12 bits per heavy atom. The molecule has 0 fully saturated rings. The van der Waals surface area contributed by atoms with Crippen LogP contribution in [-0.2, 0) is 15.5 Å². The van der Waals surface area contributed by atoms with E-state index < -0.39 is 9.05 Å². The van der Waals surface area contributed by atoms with Gasteiger partial charge in [-0.2, -0.15) is 9.61 Å². The van der Waals surface area contributed by atoms with E-state index in [1.807, 2.05) is 6.92 Å². The Morgan fingerprint density at radius 1 is 1.41 bits per heavy atom. The van der Waals surface area contributed by atoms with Gasteiger partial charge in [-0.15, -0.1) is 0 Å². The molecule has 5 nitrogen and oxygen atoms in total. The van der Waals surface area contributed by atoms with E-state index in [-0.39, 0.29) is 10.2 Å². The monoisotopic (exact) mass is 293 g/mol. The molecule has 0 bridgehead atoms. The molecule has 2 heterocycles. The topological polar surface area (TPSA) is 64.3 Å². The molecule has 0 amide bonds. The van der Waals surface area contributed by atoms with E-state index in [9.17, 15) is 8.42 Å². The summed E-state index contributed by atoms with van der Waals surface area (Å²) in [6.07, 6.45) is 1.65. The first-order chi connectivity index (χ1) is 7.93. The summed E-state index contributed by atoms with van der Waals surface area (Å²) in [6.45, 7) is 2.01. The van der Waals surface area contributed by atoms with Crippen LogP contribution in [0.3, 0.4) is 0 Å². The highest BCUT2D eigenvalue weighted by atomic mass is 35.7. The first-order valence-electron chi connectivity index (χ1n) is 4.92. The summed E-state index contributed by atoms with van der Waals surface area (Å²) in [5, 5.41) is 3.71. The lowest BCUT2D eigenvalue weighted by atomic mass is 10.2. The summed E-state index contributed by atoms with van der Waals surface area (Å²) >= 11 is 5.75. The van der Waals surface area contributed by atoms with Gasteiger partial charge >= 0.3 is 0 Å². The van der Waals surface area contributed by atoms with E-state index in [1.54, 1.807) is 12.1 Å². The van der Waals surface area contributed by atoms with Crippen molar-refractivity contribution in [2.24, 2.45) is 0 Å². The van der Waals surface area contributed by atoms with E-state index in [2.05, 4.69) is 10.1 Å².